The largest absolute Gasteiger partial charge is 0.312 e. The van der Waals surface area contributed by atoms with Gasteiger partial charge in [0.25, 0.3) is 0 Å². The maximum Gasteiger partial charge on any atom is 0.0548 e. The minimum atomic E-state index is -0.0572. The molecule has 9 aromatic rings. The van der Waals surface area contributed by atoms with E-state index in [1.54, 1.807) is 0 Å². The van der Waals surface area contributed by atoms with Crippen LogP contribution >= 0.6 is 0 Å². The summed E-state index contributed by atoms with van der Waals surface area (Å²) in [5.41, 5.74) is 12.5. The van der Waals surface area contributed by atoms with Gasteiger partial charge in [-0.25, -0.2) is 0 Å². The number of aromatic nitrogens is 3. The molecule has 10 rings (SSSR count). The van der Waals surface area contributed by atoms with Gasteiger partial charge >= 0.3 is 0 Å². The molecule has 0 fully saturated rings. The average Bonchev–Trinajstić information content (AvgIpc) is 3.77. The van der Waals surface area contributed by atoms with Crippen molar-refractivity contribution in [3.63, 3.8) is 0 Å². The van der Waals surface area contributed by atoms with Crippen LogP contribution in [0.2, 0.25) is 0 Å². The third kappa shape index (κ3) is 2.91. The number of benzene rings is 6. The lowest BCUT2D eigenvalue weighted by molar-refractivity contribution is 0.645. The van der Waals surface area contributed by atoms with Crippen LogP contribution in [0.4, 0.5) is 0 Å². The Kier molecular flexibility index (Phi) is 4.52. The lowest BCUT2D eigenvalue weighted by Crippen LogP contribution is -2.14. The summed E-state index contributed by atoms with van der Waals surface area (Å²) in [7, 11) is 0. The number of nitrogens with zero attached hydrogens (tertiary/aromatic N) is 3. The molecule has 0 aliphatic carbocycles. The Morgan fingerprint density at radius 2 is 1.00 bits per heavy atom. The molecule has 4 heterocycles. The van der Waals surface area contributed by atoms with E-state index in [1.165, 1.54) is 82.8 Å². The molecule has 6 aromatic carbocycles. The van der Waals surface area contributed by atoms with E-state index in [4.69, 9.17) is 0 Å². The highest BCUT2D eigenvalue weighted by Crippen LogP contribution is 2.48. The molecule has 0 bridgehead atoms. The predicted molar refractivity (Wildman–Crippen MR) is 184 cm³/mol. The van der Waals surface area contributed by atoms with Gasteiger partial charge in [-0.3, -0.25) is 0 Å². The Labute approximate surface area is 254 Å². The molecule has 0 amide bonds. The maximum absolute atomic E-state index is 2.49. The first kappa shape index (κ1) is 24.0. The highest BCUT2D eigenvalue weighted by atomic mass is 15.0. The summed E-state index contributed by atoms with van der Waals surface area (Å²) < 4.78 is 7.33. The normalized spacial score (nSPS) is 13.9. The summed E-state index contributed by atoms with van der Waals surface area (Å²) >= 11 is 0. The van der Waals surface area contributed by atoms with Gasteiger partial charge in [-0.05, 0) is 72.3 Å². The first-order valence-electron chi connectivity index (χ1n) is 15.4. The van der Waals surface area contributed by atoms with Crippen LogP contribution in [0.1, 0.15) is 25.1 Å². The summed E-state index contributed by atoms with van der Waals surface area (Å²) in [6, 6.07) is 51.3. The summed E-state index contributed by atoms with van der Waals surface area (Å²) in [5, 5.41) is 6.45. The molecule has 3 aromatic heterocycles. The summed E-state index contributed by atoms with van der Waals surface area (Å²) in [4.78, 5) is 0. The van der Waals surface area contributed by atoms with Crippen LogP contribution in [0, 0.1) is 0 Å². The minimum absolute atomic E-state index is 0.0572. The third-order valence-electron chi connectivity index (χ3n) is 10.0. The van der Waals surface area contributed by atoms with Gasteiger partial charge in [0, 0.05) is 55.1 Å². The highest BCUT2D eigenvalue weighted by Gasteiger charge is 2.37. The second-order valence-electron chi connectivity index (χ2n) is 12.6. The van der Waals surface area contributed by atoms with Crippen molar-refractivity contribution >= 4 is 54.5 Å². The van der Waals surface area contributed by atoms with Gasteiger partial charge in [0.15, 0.2) is 0 Å². The van der Waals surface area contributed by atoms with E-state index < -0.39 is 0 Å². The molecule has 0 spiro atoms. The maximum atomic E-state index is 2.49. The van der Waals surface area contributed by atoms with Gasteiger partial charge in [0.2, 0.25) is 0 Å². The first-order valence-corrected chi connectivity index (χ1v) is 15.4. The summed E-state index contributed by atoms with van der Waals surface area (Å²) in [6.07, 6.45) is 0. The Morgan fingerprint density at radius 1 is 0.409 bits per heavy atom. The molecule has 208 valence electrons. The summed E-state index contributed by atoms with van der Waals surface area (Å²) in [5.74, 6) is 0. The second kappa shape index (κ2) is 8.30. The van der Waals surface area contributed by atoms with E-state index in [9.17, 15) is 0 Å². The van der Waals surface area contributed by atoms with Gasteiger partial charge in [0.1, 0.15) is 0 Å². The minimum Gasteiger partial charge on any atom is -0.312 e. The lowest BCUT2D eigenvalue weighted by atomic mass is 9.83. The molecule has 1 aliphatic heterocycles. The zero-order valence-corrected chi connectivity index (χ0v) is 24.6. The van der Waals surface area contributed by atoms with Crippen LogP contribution < -0.4 is 0 Å². The Bertz CT molecular complexity index is 2620. The molecular weight excluding hydrogens is 534 g/mol. The number of fused-ring (bicyclic) bond motifs is 12. The number of para-hydroxylation sites is 4. The van der Waals surface area contributed by atoms with E-state index in [-0.39, 0.29) is 5.41 Å². The van der Waals surface area contributed by atoms with Crippen molar-refractivity contribution in [1.82, 2.24) is 13.7 Å². The van der Waals surface area contributed by atoms with Gasteiger partial charge in [0.05, 0.1) is 27.6 Å². The van der Waals surface area contributed by atoms with Crippen molar-refractivity contribution in [1.29, 1.82) is 0 Å². The zero-order chi connectivity index (χ0) is 29.2. The monoisotopic (exact) mass is 563 g/mol. The van der Waals surface area contributed by atoms with Crippen molar-refractivity contribution in [2.45, 2.75) is 19.3 Å². The topological polar surface area (TPSA) is 14.8 Å². The van der Waals surface area contributed by atoms with Crippen molar-refractivity contribution in [2.75, 3.05) is 0 Å². The van der Waals surface area contributed by atoms with Crippen LogP contribution in [0.5, 0.6) is 0 Å². The molecule has 0 radical (unpaired) electrons. The number of hydrogen-bond acceptors (Lipinski definition) is 0. The highest BCUT2D eigenvalue weighted by molar-refractivity contribution is 6.22. The fraction of sp³-hybridized carbons (Fsp3) is 0.0732. The van der Waals surface area contributed by atoms with Crippen LogP contribution in [-0.2, 0) is 5.41 Å². The van der Waals surface area contributed by atoms with Crippen LogP contribution in [0.3, 0.4) is 0 Å². The van der Waals surface area contributed by atoms with E-state index in [0.29, 0.717) is 0 Å². The predicted octanol–water partition coefficient (Wildman–Crippen LogP) is 10.5. The van der Waals surface area contributed by atoms with E-state index in [1.807, 2.05) is 0 Å². The number of hydrogen-bond donors (Lipinski definition) is 0. The third-order valence-corrected chi connectivity index (χ3v) is 10.0. The molecule has 3 heteroatoms. The van der Waals surface area contributed by atoms with E-state index >= 15 is 0 Å². The van der Waals surface area contributed by atoms with Crippen LogP contribution in [0.25, 0.3) is 71.6 Å². The fourth-order valence-electron chi connectivity index (χ4n) is 8.04. The molecule has 44 heavy (non-hydrogen) atoms. The lowest BCUT2D eigenvalue weighted by Gasteiger charge is -2.18. The molecule has 3 nitrogen and oxygen atoms in total. The van der Waals surface area contributed by atoms with Crippen LogP contribution in [-0.4, -0.2) is 13.7 Å². The van der Waals surface area contributed by atoms with Crippen molar-refractivity contribution < 1.29 is 0 Å². The van der Waals surface area contributed by atoms with Crippen molar-refractivity contribution in [3.05, 3.63) is 151 Å². The van der Waals surface area contributed by atoms with Crippen LogP contribution in [0.15, 0.2) is 140 Å². The van der Waals surface area contributed by atoms with E-state index in [0.717, 1.165) is 0 Å². The quantitative estimate of drug-likeness (QED) is 0.199. The first-order chi connectivity index (χ1) is 21.6. The molecule has 0 saturated heterocycles. The Hall–Kier alpha value is -5.54. The molecular formula is C41H29N3. The second-order valence-corrected chi connectivity index (χ2v) is 12.6. The van der Waals surface area contributed by atoms with Gasteiger partial charge in [-0.1, -0.05) is 86.6 Å². The smallest absolute Gasteiger partial charge is 0.0548 e. The SMILES string of the molecule is CC1(C)c2ccccc2-n2c1cc1c3c4ccccc4n(-c4ccc5c(c4)c4ccccc4n5-c4ccccc4)c3ccc12. The summed E-state index contributed by atoms with van der Waals surface area (Å²) in [6.45, 7) is 4.70. The van der Waals surface area contributed by atoms with Gasteiger partial charge in [-0.2, -0.15) is 0 Å². The molecule has 0 unspecified atom stereocenters. The zero-order valence-electron chi connectivity index (χ0n) is 24.6. The van der Waals surface area contributed by atoms with Crippen molar-refractivity contribution in [3.8, 4) is 17.1 Å². The van der Waals surface area contributed by atoms with Crippen molar-refractivity contribution in [2.24, 2.45) is 0 Å². The number of rotatable bonds is 2. The molecule has 0 N–H and O–H groups in total. The van der Waals surface area contributed by atoms with Gasteiger partial charge < -0.3 is 13.7 Å². The molecule has 0 saturated carbocycles. The molecule has 1 aliphatic rings. The fourth-order valence-corrected chi connectivity index (χ4v) is 8.04. The molecule has 0 atom stereocenters. The standard InChI is InChI=1S/C41H29N3/c1-41(2)32-16-8-11-19-37(32)44-36-22-23-38-40(31(36)25-39(41)44)29-15-7-10-18-34(29)43(38)27-20-21-35-30(24-27)28-14-6-9-17-33(28)42(35)26-12-4-3-5-13-26/h3-25H,1-2H3. The Morgan fingerprint density at radius 3 is 1.84 bits per heavy atom. The average molecular weight is 564 g/mol. The van der Waals surface area contributed by atoms with E-state index in [2.05, 4.69) is 167 Å². The Balaban J connectivity index is 1.28. The van der Waals surface area contributed by atoms with Gasteiger partial charge in [-0.15, -0.1) is 0 Å².